The van der Waals surface area contributed by atoms with Crippen molar-refractivity contribution in [1.82, 2.24) is 0 Å². The molecule has 0 radical (unpaired) electrons. The van der Waals surface area contributed by atoms with Gasteiger partial charge in [-0.3, -0.25) is 0 Å². The molecule has 2 nitrogen and oxygen atoms in total. The smallest absolute Gasteiger partial charge is 0.164 e. The molecule has 2 unspecified atom stereocenters. The summed E-state index contributed by atoms with van der Waals surface area (Å²) < 4.78 is 32.9. The van der Waals surface area contributed by atoms with Crippen molar-refractivity contribution in [2.24, 2.45) is 5.92 Å². The van der Waals surface area contributed by atoms with E-state index in [1.165, 1.54) is 12.1 Å². The molecule has 106 valence electrons. The van der Waals surface area contributed by atoms with Crippen LogP contribution in [0, 0.1) is 17.6 Å². The quantitative estimate of drug-likeness (QED) is 0.890. The summed E-state index contributed by atoms with van der Waals surface area (Å²) in [6, 6.07) is 3.88. The zero-order chi connectivity index (χ0) is 14.4. The average Bonchev–Trinajstić information content (AvgIpc) is 2.50. The Hall–Kier alpha value is -1.00. The summed E-state index contributed by atoms with van der Waals surface area (Å²) in [5.41, 5.74) is -0.958. The molecule has 1 fully saturated rings. The minimum absolute atomic E-state index is 0.000579. The summed E-state index contributed by atoms with van der Waals surface area (Å²) in [6.45, 7) is 7.60. The van der Waals surface area contributed by atoms with Crippen LogP contribution in [-0.4, -0.2) is 16.3 Å². The van der Waals surface area contributed by atoms with E-state index in [1.807, 2.05) is 27.7 Å². The zero-order valence-corrected chi connectivity index (χ0v) is 11.7. The molecule has 1 aliphatic rings. The maximum Gasteiger partial charge on any atom is 0.164 e. The molecule has 19 heavy (non-hydrogen) atoms. The van der Waals surface area contributed by atoms with Gasteiger partial charge in [0.1, 0.15) is 0 Å². The third kappa shape index (κ3) is 2.65. The molecule has 0 spiro atoms. The van der Waals surface area contributed by atoms with E-state index in [0.717, 1.165) is 6.07 Å². The lowest BCUT2D eigenvalue weighted by molar-refractivity contribution is -0.0883. The Balaban J connectivity index is 2.34. The molecule has 2 atom stereocenters. The van der Waals surface area contributed by atoms with Crippen LogP contribution in [-0.2, 0) is 4.74 Å². The lowest BCUT2D eigenvalue weighted by Gasteiger charge is -2.30. The van der Waals surface area contributed by atoms with E-state index in [2.05, 4.69) is 0 Å². The Bertz CT molecular complexity index is 483. The Morgan fingerprint density at radius 3 is 2.42 bits per heavy atom. The lowest BCUT2D eigenvalue weighted by Crippen LogP contribution is -2.33. The van der Waals surface area contributed by atoms with Crippen molar-refractivity contribution in [3.05, 3.63) is 35.4 Å². The molecule has 4 heteroatoms. The van der Waals surface area contributed by atoms with Gasteiger partial charge in [-0.15, -0.1) is 0 Å². The van der Waals surface area contributed by atoms with Crippen molar-refractivity contribution in [1.29, 1.82) is 0 Å². The molecule has 0 aromatic heterocycles. The van der Waals surface area contributed by atoms with Crippen LogP contribution in [0.2, 0.25) is 0 Å². The Kier molecular flexibility index (Phi) is 3.43. The monoisotopic (exact) mass is 270 g/mol. The lowest BCUT2D eigenvalue weighted by atomic mass is 9.80. The number of hydrogen-bond acceptors (Lipinski definition) is 2. The van der Waals surface area contributed by atoms with Crippen LogP contribution >= 0.6 is 0 Å². The highest BCUT2D eigenvalue weighted by Crippen LogP contribution is 2.47. The maximum atomic E-state index is 13.8. The van der Waals surface area contributed by atoms with E-state index < -0.39 is 23.3 Å². The van der Waals surface area contributed by atoms with E-state index in [1.54, 1.807) is 0 Å². The van der Waals surface area contributed by atoms with Crippen LogP contribution in [0.1, 0.15) is 45.8 Å². The highest BCUT2D eigenvalue weighted by Gasteiger charge is 2.49. The van der Waals surface area contributed by atoms with Crippen LogP contribution in [0.4, 0.5) is 8.78 Å². The summed E-state index contributed by atoms with van der Waals surface area (Å²) in [4.78, 5) is 0. The first-order valence-electron chi connectivity index (χ1n) is 6.46. The highest BCUT2D eigenvalue weighted by atomic mass is 19.2. The van der Waals surface area contributed by atoms with Crippen LogP contribution < -0.4 is 0 Å². The van der Waals surface area contributed by atoms with E-state index in [-0.39, 0.29) is 17.1 Å². The molecule has 1 aromatic rings. The SMILES string of the molecule is CC1(C)CC(C(O)c2cccc(F)c2F)C(C)(C)O1. The van der Waals surface area contributed by atoms with Crippen molar-refractivity contribution >= 4 is 0 Å². The predicted molar refractivity (Wildman–Crippen MR) is 68.7 cm³/mol. The fourth-order valence-corrected chi connectivity index (χ4v) is 3.06. The number of ether oxygens (including phenoxy) is 1. The predicted octanol–water partition coefficient (Wildman–Crippen LogP) is 3.59. The molecule has 0 amide bonds. The summed E-state index contributed by atoms with van der Waals surface area (Å²) in [5, 5.41) is 10.4. The second kappa shape index (κ2) is 4.53. The molecule has 0 bridgehead atoms. The molecular weight excluding hydrogens is 250 g/mol. The van der Waals surface area contributed by atoms with E-state index >= 15 is 0 Å². The van der Waals surface area contributed by atoms with Gasteiger partial charge in [0.15, 0.2) is 11.6 Å². The molecule has 1 aromatic carbocycles. The molecule has 1 heterocycles. The van der Waals surface area contributed by atoms with Gasteiger partial charge in [-0.05, 0) is 40.2 Å². The number of benzene rings is 1. The Morgan fingerprint density at radius 1 is 1.26 bits per heavy atom. The van der Waals surface area contributed by atoms with Crippen LogP contribution in [0.3, 0.4) is 0 Å². The van der Waals surface area contributed by atoms with Crippen LogP contribution in [0.5, 0.6) is 0 Å². The van der Waals surface area contributed by atoms with Gasteiger partial charge in [0, 0.05) is 11.5 Å². The van der Waals surface area contributed by atoms with Gasteiger partial charge in [-0.2, -0.15) is 0 Å². The normalized spacial score (nSPS) is 26.4. The minimum Gasteiger partial charge on any atom is -0.388 e. The van der Waals surface area contributed by atoms with Crippen molar-refractivity contribution < 1.29 is 18.6 Å². The van der Waals surface area contributed by atoms with Gasteiger partial charge < -0.3 is 9.84 Å². The third-order valence-corrected chi connectivity index (χ3v) is 3.83. The highest BCUT2D eigenvalue weighted by molar-refractivity contribution is 5.23. The second-order valence-electron chi connectivity index (χ2n) is 6.36. The molecule has 0 aliphatic carbocycles. The standard InChI is InChI=1S/C15H20F2O2/c1-14(2)8-10(15(3,4)19-14)13(18)9-6-5-7-11(16)12(9)17/h5-7,10,13,18H,8H2,1-4H3. The van der Waals surface area contributed by atoms with E-state index in [4.69, 9.17) is 4.74 Å². The number of aliphatic hydroxyl groups excluding tert-OH is 1. The van der Waals surface area contributed by atoms with Crippen molar-refractivity contribution in [3.8, 4) is 0 Å². The minimum atomic E-state index is -1.08. The number of rotatable bonds is 2. The number of aliphatic hydroxyl groups is 1. The van der Waals surface area contributed by atoms with E-state index in [9.17, 15) is 13.9 Å². The van der Waals surface area contributed by atoms with Crippen LogP contribution in [0.15, 0.2) is 18.2 Å². The fourth-order valence-electron chi connectivity index (χ4n) is 3.06. The first kappa shape index (κ1) is 14.4. The Morgan fingerprint density at radius 2 is 1.89 bits per heavy atom. The molecule has 0 saturated carbocycles. The van der Waals surface area contributed by atoms with E-state index in [0.29, 0.717) is 6.42 Å². The van der Waals surface area contributed by atoms with Gasteiger partial charge in [0.05, 0.1) is 17.3 Å². The molecular formula is C15H20F2O2. The number of hydrogen-bond donors (Lipinski definition) is 1. The van der Waals surface area contributed by atoms with Crippen molar-refractivity contribution in [2.45, 2.75) is 51.4 Å². The summed E-state index contributed by atoms with van der Waals surface area (Å²) >= 11 is 0. The van der Waals surface area contributed by atoms with Gasteiger partial charge >= 0.3 is 0 Å². The van der Waals surface area contributed by atoms with Crippen LogP contribution in [0.25, 0.3) is 0 Å². The van der Waals surface area contributed by atoms with Gasteiger partial charge in [0.2, 0.25) is 0 Å². The zero-order valence-electron chi connectivity index (χ0n) is 11.7. The summed E-state index contributed by atoms with van der Waals surface area (Å²) in [7, 11) is 0. The molecule has 1 saturated heterocycles. The maximum absolute atomic E-state index is 13.8. The summed E-state index contributed by atoms with van der Waals surface area (Å²) in [6.07, 6.45) is -0.482. The Labute approximate surface area is 112 Å². The fraction of sp³-hybridized carbons (Fsp3) is 0.600. The van der Waals surface area contributed by atoms with Crippen molar-refractivity contribution in [2.75, 3.05) is 0 Å². The first-order valence-corrected chi connectivity index (χ1v) is 6.46. The van der Waals surface area contributed by atoms with Crippen molar-refractivity contribution in [3.63, 3.8) is 0 Å². The first-order chi connectivity index (χ1) is 8.64. The largest absolute Gasteiger partial charge is 0.388 e. The molecule has 1 N–H and O–H groups in total. The molecule has 2 rings (SSSR count). The topological polar surface area (TPSA) is 29.5 Å². The second-order valence-corrected chi connectivity index (χ2v) is 6.36. The summed E-state index contributed by atoms with van der Waals surface area (Å²) in [5.74, 6) is -2.19. The van der Waals surface area contributed by atoms with Gasteiger partial charge in [-0.25, -0.2) is 8.78 Å². The van der Waals surface area contributed by atoms with Gasteiger partial charge in [0.25, 0.3) is 0 Å². The molecule has 1 aliphatic heterocycles. The third-order valence-electron chi connectivity index (χ3n) is 3.83. The number of halogens is 2. The average molecular weight is 270 g/mol. The van der Waals surface area contributed by atoms with Gasteiger partial charge in [-0.1, -0.05) is 12.1 Å².